The summed E-state index contributed by atoms with van der Waals surface area (Å²) in [6, 6.07) is 11.4. The highest BCUT2D eigenvalue weighted by Gasteiger charge is 2.23. The average Bonchev–Trinajstić information content (AvgIpc) is 3.19. The Bertz CT molecular complexity index is 1240. The predicted octanol–water partition coefficient (Wildman–Crippen LogP) is 4.21. The number of nitrogens with one attached hydrogen (secondary N) is 3. The Hall–Kier alpha value is -3.27. The number of methoxy groups -OCH3 is 1. The Labute approximate surface area is 212 Å². The third kappa shape index (κ3) is 6.66. The van der Waals surface area contributed by atoms with Crippen LogP contribution in [0.1, 0.15) is 30.8 Å². The van der Waals surface area contributed by atoms with E-state index in [4.69, 9.17) is 32.7 Å². The summed E-state index contributed by atoms with van der Waals surface area (Å²) in [5, 5.41) is 6.50. The van der Waals surface area contributed by atoms with E-state index < -0.39 is 17.7 Å². The number of carbonyl (C=O) groups is 3. The number of hydrogen-bond donors (Lipinski definition) is 3. The van der Waals surface area contributed by atoms with Crippen molar-refractivity contribution in [2.75, 3.05) is 31.0 Å². The lowest BCUT2D eigenvalue weighted by atomic mass is 10.2. The number of aromatic nitrogens is 1. The van der Waals surface area contributed by atoms with Gasteiger partial charge in [0.15, 0.2) is 0 Å². The summed E-state index contributed by atoms with van der Waals surface area (Å²) in [6.07, 6.45) is 0.633. The van der Waals surface area contributed by atoms with Gasteiger partial charge in [0.25, 0.3) is 5.91 Å². The number of amides is 3. The van der Waals surface area contributed by atoms with Gasteiger partial charge in [0.2, 0.25) is 0 Å². The van der Waals surface area contributed by atoms with Crippen LogP contribution in [0.15, 0.2) is 42.5 Å². The van der Waals surface area contributed by atoms with Crippen molar-refractivity contribution in [3.8, 4) is 5.75 Å². The molecular weight excluding hydrogens is 495 g/mol. The first-order chi connectivity index (χ1) is 16.7. The number of rotatable bonds is 9. The van der Waals surface area contributed by atoms with Crippen LogP contribution in [0.4, 0.5) is 5.69 Å². The largest absolute Gasteiger partial charge is 0.494 e. The van der Waals surface area contributed by atoms with Crippen LogP contribution in [0.3, 0.4) is 0 Å². The van der Waals surface area contributed by atoms with E-state index >= 15 is 0 Å². The van der Waals surface area contributed by atoms with Crippen molar-refractivity contribution in [2.24, 2.45) is 0 Å². The molecule has 0 saturated carbocycles. The highest BCUT2D eigenvalue weighted by atomic mass is 35.5. The highest BCUT2D eigenvalue weighted by molar-refractivity contribution is 6.42. The molecule has 0 spiro atoms. The van der Waals surface area contributed by atoms with Crippen molar-refractivity contribution in [3.05, 3.63) is 58.2 Å². The molecule has 0 atom stereocenters. The van der Waals surface area contributed by atoms with Crippen molar-refractivity contribution in [1.29, 1.82) is 0 Å². The fourth-order valence-electron chi connectivity index (χ4n) is 3.27. The van der Waals surface area contributed by atoms with Crippen LogP contribution in [0, 0.1) is 0 Å². The SMILES string of the molecule is COc1cccc2cc(C(=O)Nc3ccc(Cl)c(Cl)c3)n(NC(=O)C(=O)NCCCOC(C)C)c12. The van der Waals surface area contributed by atoms with E-state index in [9.17, 15) is 14.4 Å². The molecule has 2 aromatic carbocycles. The minimum absolute atomic E-state index is 0.0713. The zero-order valence-electron chi connectivity index (χ0n) is 19.5. The standard InChI is InChI=1S/C24H26Cl2N4O5/c1-14(2)35-11-5-10-27-23(32)24(33)29-30-19(12-15-6-4-7-20(34-3)21(15)30)22(31)28-16-8-9-17(25)18(26)13-16/h4,6-9,12-14H,5,10-11H2,1-3H3,(H,27,32)(H,28,31)(H,29,33). The number of fused-ring (bicyclic) bond motifs is 1. The average molecular weight is 521 g/mol. The molecule has 0 aliphatic carbocycles. The Morgan fingerprint density at radius 2 is 1.80 bits per heavy atom. The molecule has 0 aliphatic heterocycles. The number of carbonyl (C=O) groups excluding carboxylic acids is 3. The Balaban J connectivity index is 1.83. The van der Waals surface area contributed by atoms with E-state index in [2.05, 4.69) is 16.1 Å². The van der Waals surface area contributed by atoms with Crippen LogP contribution in [0.2, 0.25) is 10.0 Å². The highest BCUT2D eigenvalue weighted by Crippen LogP contribution is 2.29. The van der Waals surface area contributed by atoms with Gasteiger partial charge in [-0.25, -0.2) is 4.68 Å². The molecule has 0 radical (unpaired) electrons. The molecule has 9 nitrogen and oxygen atoms in total. The van der Waals surface area contributed by atoms with Gasteiger partial charge >= 0.3 is 11.8 Å². The summed E-state index contributed by atoms with van der Waals surface area (Å²) in [4.78, 5) is 38.2. The van der Waals surface area contributed by atoms with Gasteiger partial charge in [-0.05, 0) is 50.6 Å². The van der Waals surface area contributed by atoms with E-state index in [1.807, 2.05) is 13.8 Å². The normalized spacial score (nSPS) is 10.9. The summed E-state index contributed by atoms with van der Waals surface area (Å²) in [6.45, 7) is 4.55. The molecule has 0 unspecified atom stereocenters. The number of nitrogens with zero attached hydrogens (tertiary/aromatic N) is 1. The van der Waals surface area contributed by atoms with Crippen molar-refractivity contribution in [3.63, 3.8) is 0 Å². The third-order valence-electron chi connectivity index (χ3n) is 4.89. The second-order valence-corrected chi connectivity index (χ2v) is 8.63. The molecule has 3 aromatic rings. The molecule has 1 aromatic heterocycles. The number of hydrogen-bond acceptors (Lipinski definition) is 5. The van der Waals surface area contributed by atoms with Crippen molar-refractivity contribution in [1.82, 2.24) is 9.99 Å². The van der Waals surface area contributed by atoms with Gasteiger partial charge in [-0.15, -0.1) is 0 Å². The molecule has 35 heavy (non-hydrogen) atoms. The number of halogens is 2. The molecule has 0 fully saturated rings. The fraction of sp³-hybridized carbons (Fsp3) is 0.292. The van der Waals surface area contributed by atoms with Gasteiger partial charge in [-0.1, -0.05) is 35.3 Å². The zero-order chi connectivity index (χ0) is 25.5. The summed E-state index contributed by atoms with van der Waals surface area (Å²) in [5.74, 6) is -1.93. The van der Waals surface area contributed by atoms with Gasteiger partial charge in [-0.2, -0.15) is 0 Å². The van der Waals surface area contributed by atoms with Crippen LogP contribution in [-0.2, 0) is 14.3 Å². The van der Waals surface area contributed by atoms with Crippen LogP contribution in [0.25, 0.3) is 10.9 Å². The minimum Gasteiger partial charge on any atom is -0.494 e. The summed E-state index contributed by atoms with van der Waals surface area (Å²) < 4.78 is 12.1. The maximum atomic E-state index is 13.1. The Kier molecular flexibility index (Phi) is 8.97. The molecule has 3 amide bonds. The summed E-state index contributed by atoms with van der Waals surface area (Å²) >= 11 is 12.0. The van der Waals surface area contributed by atoms with Crippen LogP contribution in [0.5, 0.6) is 5.75 Å². The smallest absolute Gasteiger partial charge is 0.328 e. The predicted molar refractivity (Wildman–Crippen MR) is 136 cm³/mol. The van der Waals surface area contributed by atoms with E-state index in [0.29, 0.717) is 40.4 Å². The first-order valence-electron chi connectivity index (χ1n) is 10.9. The van der Waals surface area contributed by atoms with Gasteiger partial charge < -0.3 is 20.1 Å². The van der Waals surface area contributed by atoms with Crippen LogP contribution in [-0.4, -0.2) is 48.8 Å². The molecule has 0 bridgehead atoms. The van der Waals surface area contributed by atoms with Crippen LogP contribution < -0.4 is 20.8 Å². The van der Waals surface area contributed by atoms with E-state index in [1.165, 1.54) is 17.9 Å². The first kappa shape index (κ1) is 26.3. The van der Waals surface area contributed by atoms with Crippen LogP contribution >= 0.6 is 23.2 Å². The molecule has 3 N–H and O–H groups in total. The summed E-state index contributed by atoms with van der Waals surface area (Å²) in [7, 11) is 1.47. The lowest BCUT2D eigenvalue weighted by Crippen LogP contribution is -2.40. The van der Waals surface area contributed by atoms with Gasteiger partial charge in [0, 0.05) is 24.2 Å². The number of para-hydroxylation sites is 1. The fourth-order valence-corrected chi connectivity index (χ4v) is 3.57. The Morgan fingerprint density at radius 3 is 2.49 bits per heavy atom. The quantitative estimate of drug-likeness (QED) is 0.289. The maximum absolute atomic E-state index is 13.1. The van der Waals surface area contributed by atoms with E-state index in [1.54, 1.807) is 36.4 Å². The van der Waals surface area contributed by atoms with Crippen molar-refractivity contribution in [2.45, 2.75) is 26.4 Å². The van der Waals surface area contributed by atoms with E-state index in [0.717, 1.165) is 0 Å². The lowest BCUT2D eigenvalue weighted by Gasteiger charge is -2.14. The molecule has 0 aliphatic rings. The summed E-state index contributed by atoms with van der Waals surface area (Å²) in [5.41, 5.74) is 3.39. The van der Waals surface area contributed by atoms with Crippen molar-refractivity contribution < 1.29 is 23.9 Å². The van der Waals surface area contributed by atoms with Gasteiger partial charge in [0.05, 0.1) is 23.3 Å². The molecule has 3 rings (SSSR count). The molecule has 0 saturated heterocycles. The van der Waals surface area contributed by atoms with E-state index in [-0.39, 0.29) is 23.4 Å². The molecular formula is C24H26Cl2N4O5. The second kappa shape index (κ2) is 11.9. The topological polar surface area (TPSA) is 111 Å². The molecule has 11 heteroatoms. The van der Waals surface area contributed by atoms with Gasteiger partial charge in [0.1, 0.15) is 17.0 Å². The van der Waals surface area contributed by atoms with Crippen molar-refractivity contribution >= 4 is 57.5 Å². The minimum atomic E-state index is -0.943. The Morgan fingerprint density at radius 1 is 1.03 bits per heavy atom. The second-order valence-electron chi connectivity index (χ2n) is 7.82. The number of anilines is 1. The zero-order valence-corrected chi connectivity index (χ0v) is 21.0. The third-order valence-corrected chi connectivity index (χ3v) is 5.63. The number of ether oxygens (including phenoxy) is 2. The molecule has 186 valence electrons. The molecule has 1 heterocycles. The lowest BCUT2D eigenvalue weighted by molar-refractivity contribution is -0.136. The monoisotopic (exact) mass is 520 g/mol. The number of benzene rings is 2. The van der Waals surface area contributed by atoms with Gasteiger partial charge in [-0.3, -0.25) is 19.8 Å². The first-order valence-corrected chi connectivity index (χ1v) is 11.6. The maximum Gasteiger partial charge on any atom is 0.328 e.